The molecule has 1 aromatic rings. The zero-order chi connectivity index (χ0) is 16.9. The average Bonchev–Trinajstić information content (AvgIpc) is 3.10. The fourth-order valence-electron chi connectivity index (χ4n) is 3.76. The molecule has 1 N–H and O–H groups in total. The number of carbonyl (C=O) groups excluding carboxylic acids is 1. The molecular weight excluding hydrogens is 359 g/mol. The highest BCUT2D eigenvalue weighted by Gasteiger charge is 2.26. The van der Waals surface area contributed by atoms with Gasteiger partial charge in [0.2, 0.25) is 0 Å². The van der Waals surface area contributed by atoms with Crippen molar-refractivity contribution >= 4 is 29.9 Å². The van der Waals surface area contributed by atoms with E-state index in [1.54, 1.807) is 6.07 Å². The first kappa shape index (κ1) is 20.3. The van der Waals surface area contributed by atoms with E-state index < -0.39 is 0 Å². The standard InChI is InChI=1S/C19H27ClN2O2.ClH/c1-21-13-14-8-10-22(11-9-14)19(23)17-12-15(20)6-7-18(17)24-16-4-2-3-5-16;/h6-7,12,14,16,21H,2-5,8-11,13H2,1H3;1H. The van der Waals surface area contributed by atoms with Crippen molar-refractivity contribution in [3.05, 3.63) is 28.8 Å². The van der Waals surface area contributed by atoms with Crippen molar-refractivity contribution in [3.63, 3.8) is 0 Å². The minimum absolute atomic E-state index is 0. The zero-order valence-electron chi connectivity index (χ0n) is 14.8. The molecule has 1 saturated heterocycles. The molecule has 0 bridgehead atoms. The van der Waals surface area contributed by atoms with Crippen LogP contribution in [0.15, 0.2) is 18.2 Å². The van der Waals surface area contributed by atoms with Gasteiger partial charge >= 0.3 is 0 Å². The molecule has 2 aliphatic rings. The van der Waals surface area contributed by atoms with E-state index in [4.69, 9.17) is 16.3 Å². The second kappa shape index (κ2) is 9.65. The Bertz CT molecular complexity index is 569. The van der Waals surface area contributed by atoms with Crippen LogP contribution in [0.1, 0.15) is 48.9 Å². The van der Waals surface area contributed by atoms with Crippen LogP contribution in [0.5, 0.6) is 5.75 Å². The number of hydrogen-bond acceptors (Lipinski definition) is 3. The fourth-order valence-corrected chi connectivity index (χ4v) is 3.93. The second-order valence-electron chi connectivity index (χ2n) is 6.96. The van der Waals surface area contributed by atoms with Gasteiger partial charge in [0.1, 0.15) is 5.75 Å². The lowest BCUT2D eigenvalue weighted by atomic mass is 9.96. The van der Waals surface area contributed by atoms with Crippen LogP contribution >= 0.6 is 24.0 Å². The Kier molecular flexibility index (Phi) is 7.85. The van der Waals surface area contributed by atoms with E-state index in [9.17, 15) is 4.79 Å². The molecule has 0 spiro atoms. The Labute approximate surface area is 161 Å². The van der Waals surface area contributed by atoms with Gasteiger partial charge in [-0.2, -0.15) is 0 Å². The molecule has 4 nitrogen and oxygen atoms in total. The molecule has 1 aromatic carbocycles. The van der Waals surface area contributed by atoms with Gasteiger partial charge in [-0.05, 0) is 76.2 Å². The predicted molar refractivity (Wildman–Crippen MR) is 104 cm³/mol. The number of nitrogens with one attached hydrogen (secondary N) is 1. The quantitative estimate of drug-likeness (QED) is 0.825. The number of ether oxygens (including phenoxy) is 1. The van der Waals surface area contributed by atoms with Crippen molar-refractivity contribution in [2.45, 2.75) is 44.6 Å². The average molecular weight is 387 g/mol. The van der Waals surface area contributed by atoms with Crippen LogP contribution in [0, 0.1) is 5.92 Å². The number of nitrogens with zero attached hydrogens (tertiary/aromatic N) is 1. The number of carbonyl (C=O) groups is 1. The van der Waals surface area contributed by atoms with E-state index in [0.717, 1.165) is 45.3 Å². The third kappa shape index (κ3) is 5.25. The minimum Gasteiger partial charge on any atom is -0.490 e. The molecule has 6 heteroatoms. The lowest BCUT2D eigenvalue weighted by Gasteiger charge is -2.32. The molecule has 1 aliphatic carbocycles. The molecule has 0 atom stereocenters. The number of hydrogen-bond donors (Lipinski definition) is 1. The summed E-state index contributed by atoms with van der Waals surface area (Å²) >= 11 is 6.15. The first-order valence-electron chi connectivity index (χ1n) is 9.07. The van der Waals surface area contributed by atoms with Crippen LogP contribution in [0.25, 0.3) is 0 Å². The summed E-state index contributed by atoms with van der Waals surface area (Å²) in [6.45, 7) is 2.64. The Hall–Kier alpha value is -0.970. The van der Waals surface area contributed by atoms with Gasteiger partial charge in [0.25, 0.3) is 5.91 Å². The lowest BCUT2D eigenvalue weighted by Crippen LogP contribution is -2.40. The van der Waals surface area contributed by atoms with Gasteiger partial charge in [-0.15, -0.1) is 12.4 Å². The molecule has 1 amide bonds. The first-order valence-corrected chi connectivity index (χ1v) is 9.45. The van der Waals surface area contributed by atoms with Gasteiger partial charge in [-0.25, -0.2) is 0 Å². The number of halogens is 2. The van der Waals surface area contributed by atoms with Crippen LogP contribution in [-0.2, 0) is 0 Å². The number of piperidine rings is 1. The smallest absolute Gasteiger partial charge is 0.257 e. The van der Waals surface area contributed by atoms with E-state index in [-0.39, 0.29) is 24.4 Å². The molecule has 1 aliphatic heterocycles. The van der Waals surface area contributed by atoms with E-state index in [1.807, 2.05) is 24.1 Å². The van der Waals surface area contributed by atoms with Gasteiger partial charge in [-0.3, -0.25) is 4.79 Å². The van der Waals surface area contributed by atoms with Crippen LogP contribution in [0.4, 0.5) is 0 Å². The normalized spacial score (nSPS) is 18.9. The van der Waals surface area contributed by atoms with E-state index >= 15 is 0 Å². The van der Waals surface area contributed by atoms with Crippen LogP contribution in [0.3, 0.4) is 0 Å². The topological polar surface area (TPSA) is 41.6 Å². The first-order chi connectivity index (χ1) is 11.7. The molecule has 140 valence electrons. The fraction of sp³-hybridized carbons (Fsp3) is 0.632. The summed E-state index contributed by atoms with van der Waals surface area (Å²) in [6, 6.07) is 5.41. The van der Waals surface area contributed by atoms with Gasteiger partial charge < -0.3 is 15.0 Å². The number of benzene rings is 1. The summed E-state index contributed by atoms with van der Waals surface area (Å²) in [5.74, 6) is 1.40. The maximum atomic E-state index is 13.0. The molecule has 0 unspecified atom stereocenters. The van der Waals surface area contributed by atoms with Crippen molar-refractivity contribution < 1.29 is 9.53 Å². The zero-order valence-corrected chi connectivity index (χ0v) is 16.4. The predicted octanol–water partition coefficient (Wildman–Crippen LogP) is 4.15. The third-order valence-corrected chi connectivity index (χ3v) is 5.40. The summed E-state index contributed by atoms with van der Waals surface area (Å²) in [4.78, 5) is 14.9. The maximum absolute atomic E-state index is 13.0. The molecule has 0 radical (unpaired) electrons. The number of likely N-dealkylation sites (tertiary alicyclic amines) is 1. The third-order valence-electron chi connectivity index (χ3n) is 5.16. The lowest BCUT2D eigenvalue weighted by molar-refractivity contribution is 0.0683. The van der Waals surface area contributed by atoms with E-state index in [0.29, 0.717) is 22.3 Å². The monoisotopic (exact) mass is 386 g/mol. The molecular formula is C19H28Cl2N2O2. The van der Waals surface area contributed by atoms with Crippen molar-refractivity contribution in [2.24, 2.45) is 5.92 Å². The summed E-state index contributed by atoms with van der Waals surface area (Å²) in [5.41, 5.74) is 0.612. The Balaban J connectivity index is 0.00000225. The molecule has 2 fully saturated rings. The van der Waals surface area contributed by atoms with Crippen molar-refractivity contribution in [3.8, 4) is 5.75 Å². The Morgan fingerprint density at radius 1 is 1.24 bits per heavy atom. The van der Waals surface area contributed by atoms with Crippen molar-refractivity contribution in [1.29, 1.82) is 0 Å². The van der Waals surface area contributed by atoms with Crippen LogP contribution in [0.2, 0.25) is 5.02 Å². The maximum Gasteiger partial charge on any atom is 0.257 e. The minimum atomic E-state index is 0. The summed E-state index contributed by atoms with van der Waals surface area (Å²) < 4.78 is 6.12. The van der Waals surface area contributed by atoms with Crippen molar-refractivity contribution in [1.82, 2.24) is 10.2 Å². The molecule has 3 rings (SSSR count). The second-order valence-corrected chi connectivity index (χ2v) is 7.39. The highest BCUT2D eigenvalue weighted by molar-refractivity contribution is 6.31. The summed E-state index contributed by atoms with van der Waals surface area (Å²) in [7, 11) is 1.98. The highest BCUT2D eigenvalue weighted by atomic mass is 35.5. The molecule has 1 heterocycles. The van der Waals surface area contributed by atoms with Gasteiger partial charge in [0.15, 0.2) is 0 Å². The highest BCUT2D eigenvalue weighted by Crippen LogP contribution is 2.30. The Morgan fingerprint density at radius 2 is 1.92 bits per heavy atom. The van der Waals surface area contributed by atoms with Crippen molar-refractivity contribution in [2.75, 3.05) is 26.7 Å². The molecule has 25 heavy (non-hydrogen) atoms. The van der Waals surface area contributed by atoms with E-state index in [2.05, 4.69) is 5.32 Å². The van der Waals surface area contributed by atoms with Crippen LogP contribution in [-0.4, -0.2) is 43.6 Å². The molecule has 0 aromatic heterocycles. The molecule has 1 saturated carbocycles. The van der Waals surface area contributed by atoms with Gasteiger partial charge in [0.05, 0.1) is 11.7 Å². The van der Waals surface area contributed by atoms with Gasteiger partial charge in [0, 0.05) is 18.1 Å². The van der Waals surface area contributed by atoms with E-state index in [1.165, 1.54) is 12.8 Å². The largest absolute Gasteiger partial charge is 0.490 e. The number of rotatable bonds is 5. The number of amides is 1. The Morgan fingerprint density at radius 3 is 2.56 bits per heavy atom. The summed E-state index contributed by atoms with van der Waals surface area (Å²) in [5, 5.41) is 3.81. The SMILES string of the molecule is CNCC1CCN(C(=O)c2cc(Cl)ccc2OC2CCCC2)CC1.Cl. The van der Waals surface area contributed by atoms with Crippen LogP contribution < -0.4 is 10.1 Å². The van der Waals surface area contributed by atoms with Gasteiger partial charge in [-0.1, -0.05) is 11.6 Å². The summed E-state index contributed by atoms with van der Waals surface area (Å²) in [6.07, 6.45) is 6.90.